The van der Waals surface area contributed by atoms with Crippen LogP contribution in [-0.2, 0) is 25.9 Å². The lowest BCUT2D eigenvalue weighted by atomic mass is 9.81. The van der Waals surface area contributed by atoms with Crippen LogP contribution in [0.2, 0.25) is 0 Å². The minimum atomic E-state index is -4.18. The van der Waals surface area contributed by atoms with Crippen LogP contribution < -0.4 is 5.32 Å². The first-order valence-corrected chi connectivity index (χ1v) is 14.8. The molecule has 6 atom stereocenters. The number of oxime groups is 1. The largest absolute Gasteiger partial charge is 0.465 e. The maximum atomic E-state index is 14.3. The van der Waals surface area contributed by atoms with Crippen molar-refractivity contribution >= 4 is 22.3 Å². The van der Waals surface area contributed by atoms with Crippen LogP contribution in [0.5, 0.6) is 0 Å². The average molecular weight is 576 g/mol. The summed E-state index contributed by atoms with van der Waals surface area (Å²) >= 11 is 0. The summed E-state index contributed by atoms with van der Waals surface area (Å²) in [4.78, 5) is 11.9. The number of rotatable bonds is 12. The first-order chi connectivity index (χ1) is 19.1. The highest BCUT2D eigenvalue weighted by Gasteiger charge is 2.52. The van der Waals surface area contributed by atoms with Gasteiger partial charge in [-0.15, -0.1) is 0 Å². The van der Waals surface area contributed by atoms with E-state index in [9.17, 15) is 23.4 Å². The topological polar surface area (TPSA) is 158 Å². The van der Waals surface area contributed by atoms with Crippen molar-refractivity contribution in [3.05, 3.63) is 65.7 Å². The minimum Gasteiger partial charge on any atom is -0.465 e. The Hall–Kier alpha value is -3.03. The molecule has 2 heterocycles. The molecule has 2 aliphatic heterocycles. The number of aliphatic hydroxyl groups is 1. The molecular formula is C28H37N3O8S. The minimum absolute atomic E-state index is 0.00406. The molecule has 4 N–H and O–H groups in total. The number of ether oxygens (including phenoxy) is 2. The Morgan fingerprint density at radius 3 is 2.48 bits per heavy atom. The van der Waals surface area contributed by atoms with Gasteiger partial charge in [-0.2, -0.15) is 4.31 Å². The fraction of sp³-hybridized carbons (Fsp3) is 0.500. The van der Waals surface area contributed by atoms with Gasteiger partial charge < -0.3 is 30.2 Å². The Morgan fingerprint density at radius 1 is 1.15 bits per heavy atom. The molecule has 2 aromatic rings. The summed E-state index contributed by atoms with van der Waals surface area (Å²) in [7, 11) is -4.18. The monoisotopic (exact) mass is 575 g/mol. The molecule has 0 spiro atoms. The summed E-state index contributed by atoms with van der Waals surface area (Å²) in [6.45, 7) is 4.48. The van der Waals surface area contributed by atoms with E-state index in [1.54, 1.807) is 0 Å². The van der Waals surface area contributed by atoms with E-state index in [1.165, 1.54) is 34.8 Å². The zero-order chi connectivity index (χ0) is 28.9. The second-order valence-electron chi connectivity index (χ2n) is 10.7. The lowest BCUT2D eigenvalue weighted by Gasteiger charge is -2.42. The number of sulfonamides is 1. The molecular weight excluding hydrogens is 538 g/mol. The smallest absolute Gasteiger partial charge is 0.404 e. The van der Waals surface area contributed by atoms with Crippen molar-refractivity contribution in [1.29, 1.82) is 0 Å². The van der Waals surface area contributed by atoms with Crippen molar-refractivity contribution in [2.75, 3.05) is 19.8 Å². The Labute approximate surface area is 234 Å². The van der Waals surface area contributed by atoms with Gasteiger partial charge in [-0.1, -0.05) is 61.5 Å². The number of aliphatic hydroxyl groups excluding tert-OH is 1. The highest BCUT2D eigenvalue weighted by molar-refractivity contribution is 7.89. The first kappa shape index (κ1) is 29.9. The summed E-state index contributed by atoms with van der Waals surface area (Å²) in [5.41, 5.74) is 1.31. The fourth-order valence-electron chi connectivity index (χ4n) is 5.68. The molecule has 4 rings (SSSR count). The lowest BCUT2D eigenvalue weighted by molar-refractivity contribution is -0.0907. The molecule has 0 saturated carbocycles. The Bertz CT molecular complexity index is 1260. The molecule has 2 aromatic carbocycles. The van der Waals surface area contributed by atoms with E-state index >= 15 is 0 Å². The molecule has 40 heavy (non-hydrogen) atoms. The molecule has 2 aliphatic rings. The van der Waals surface area contributed by atoms with Crippen LogP contribution in [0.4, 0.5) is 4.79 Å². The quantitative estimate of drug-likeness (QED) is 0.171. The maximum Gasteiger partial charge on any atom is 0.404 e. The molecule has 0 aliphatic carbocycles. The highest BCUT2D eigenvalue weighted by Crippen LogP contribution is 2.41. The van der Waals surface area contributed by atoms with Crippen LogP contribution in [0.1, 0.15) is 31.4 Å². The van der Waals surface area contributed by atoms with Gasteiger partial charge in [0.1, 0.15) is 0 Å². The van der Waals surface area contributed by atoms with Gasteiger partial charge in [0.25, 0.3) is 0 Å². The Balaban J connectivity index is 1.79. The number of hydrogen-bond acceptors (Lipinski definition) is 8. The number of nitrogens with one attached hydrogen (secondary N) is 1. The number of benzene rings is 2. The predicted octanol–water partition coefficient (Wildman–Crippen LogP) is 2.76. The molecule has 0 aromatic heterocycles. The second kappa shape index (κ2) is 13.1. The lowest BCUT2D eigenvalue weighted by Crippen LogP contribution is -2.60. The van der Waals surface area contributed by atoms with E-state index in [4.69, 9.17) is 14.7 Å². The van der Waals surface area contributed by atoms with E-state index < -0.39 is 46.5 Å². The average Bonchev–Trinajstić information content (AvgIpc) is 3.53. The third-order valence-electron chi connectivity index (χ3n) is 7.47. The number of nitrogens with zero attached hydrogens (tertiary/aromatic N) is 2. The van der Waals surface area contributed by atoms with Crippen LogP contribution >= 0.6 is 0 Å². The molecule has 2 fully saturated rings. The summed E-state index contributed by atoms with van der Waals surface area (Å²) in [6.07, 6.45) is -1.23. The number of hydrogen-bond donors (Lipinski definition) is 4. The van der Waals surface area contributed by atoms with Crippen LogP contribution in [0.25, 0.3) is 0 Å². The Kier molecular flexibility index (Phi) is 9.80. The van der Waals surface area contributed by atoms with Crippen molar-refractivity contribution in [1.82, 2.24) is 9.62 Å². The van der Waals surface area contributed by atoms with Crippen LogP contribution in [0.3, 0.4) is 0 Å². The molecule has 11 nitrogen and oxygen atoms in total. The normalized spacial score (nSPS) is 23.4. The standard InChI is InChI=1S/C28H37N3O8S/c1-18(2)16-31(40(36,37)21-10-8-20(9-11-21)15-29-35)25(23-17-39-27-22(23)12-13-38-27)26(32)24(30-28(33)34)14-19-6-4-3-5-7-19/h3-11,15,18,22-27,30,32,35H,12-14,16-17H2,1-2H3,(H,33,34)/t22?,23?,24-,25?,26+,27?/m0/s1. The summed E-state index contributed by atoms with van der Waals surface area (Å²) in [5, 5.41) is 35.9. The van der Waals surface area contributed by atoms with Gasteiger partial charge in [-0.05, 0) is 42.0 Å². The number of fused-ring (bicyclic) bond motifs is 1. The first-order valence-electron chi connectivity index (χ1n) is 13.4. The second-order valence-corrected chi connectivity index (χ2v) is 12.6. The molecule has 218 valence electrons. The third-order valence-corrected chi connectivity index (χ3v) is 9.34. The van der Waals surface area contributed by atoms with Gasteiger partial charge in [0, 0.05) is 18.4 Å². The Morgan fingerprint density at radius 2 is 1.85 bits per heavy atom. The van der Waals surface area contributed by atoms with Crippen molar-refractivity contribution in [2.45, 2.75) is 56.1 Å². The van der Waals surface area contributed by atoms with Crippen molar-refractivity contribution in [3.8, 4) is 0 Å². The van der Waals surface area contributed by atoms with Crippen LogP contribution in [0, 0.1) is 17.8 Å². The maximum absolute atomic E-state index is 14.3. The van der Waals surface area contributed by atoms with Crippen molar-refractivity contribution < 1.29 is 38.1 Å². The van der Waals surface area contributed by atoms with Gasteiger partial charge in [0.05, 0.1) is 42.5 Å². The predicted molar refractivity (Wildman–Crippen MR) is 147 cm³/mol. The van der Waals surface area contributed by atoms with E-state index in [2.05, 4.69) is 10.5 Å². The van der Waals surface area contributed by atoms with Gasteiger partial charge in [0.2, 0.25) is 10.0 Å². The zero-order valence-corrected chi connectivity index (χ0v) is 23.4. The van der Waals surface area contributed by atoms with E-state index in [-0.39, 0.29) is 36.3 Å². The van der Waals surface area contributed by atoms with E-state index in [0.29, 0.717) is 18.6 Å². The van der Waals surface area contributed by atoms with Gasteiger partial charge in [0.15, 0.2) is 6.29 Å². The van der Waals surface area contributed by atoms with Gasteiger partial charge >= 0.3 is 6.09 Å². The van der Waals surface area contributed by atoms with Crippen molar-refractivity contribution in [3.63, 3.8) is 0 Å². The van der Waals surface area contributed by atoms with Gasteiger partial charge in [-0.3, -0.25) is 0 Å². The SMILES string of the molecule is CC(C)CN(C(C1COC2OCCC21)[C@H](O)[C@H](Cc1ccccc1)NC(=O)O)S(=O)(=O)c1ccc(C=NO)cc1. The number of carbonyl (C=O) groups is 1. The zero-order valence-electron chi connectivity index (χ0n) is 22.5. The molecule has 12 heteroatoms. The number of amides is 1. The summed E-state index contributed by atoms with van der Waals surface area (Å²) in [6, 6.07) is 13.0. The number of carboxylic acid groups (broad SMARTS) is 1. The molecule has 4 unspecified atom stereocenters. The molecule has 0 bridgehead atoms. The molecule has 2 saturated heterocycles. The molecule has 1 amide bonds. The van der Waals surface area contributed by atoms with Gasteiger partial charge in [-0.25, -0.2) is 13.2 Å². The van der Waals surface area contributed by atoms with E-state index in [1.807, 2.05) is 44.2 Å². The van der Waals surface area contributed by atoms with Crippen LogP contribution in [-0.4, -0.2) is 84.7 Å². The fourth-order valence-corrected chi connectivity index (χ4v) is 7.52. The third kappa shape index (κ3) is 6.81. The highest BCUT2D eigenvalue weighted by atomic mass is 32.2. The summed E-state index contributed by atoms with van der Waals surface area (Å²) in [5.74, 6) is -0.705. The van der Waals surface area contributed by atoms with Crippen molar-refractivity contribution in [2.24, 2.45) is 22.9 Å². The summed E-state index contributed by atoms with van der Waals surface area (Å²) < 4.78 is 41.4. The molecule has 0 radical (unpaired) electrons. The van der Waals surface area contributed by atoms with Crippen LogP contribution in [0.15, 0.2) is 64.6 Å². The van der Waals surface area contributed by atoms with E-state index in [0.717, 1.165) is 5.56 Å².